The van der Waals surface area contributed by atoms with Gasteiger partial charge in [0.15, 0.2) is 0 Å². The molecule has 0 bridgehead atoms. The Morgan fingerprint density at radius 1 is 1.23 bits per heavy atom. The fourth-order valence-electron chi connectivity index (χ4n) is 3.82. The second kappa shape index (κ2) is 8.65. The van der Waals surface area contributed by atoms with E-state index in [1.165, 1.54) is 36.5 Å². The minimum atomic E-state index is -4.43. The van der Waals surface area contributed by atoms with Crippen LogP contribution in [0.15, 0.2) is 24.3 Å². The molecule has 0 saturated carbocycles. The van der Waals surface area contributed by atoms with Gasteiger partial charge in [-0.25, -0.2) is 0 Å². The summed E-state index contributed by atoms with van der Waals surface area (Å²) in [6.45, 7) is 2.61. The minimum Gasteiger partial charge on any atom is -0.352 e. The minimum absolute atomic E-state index is 0.0665. The number of alkyl halides is 3. The molecule has 2 fully saturated rings. The molecule has 0 spiro atoms. The molecule has 2 aliphatic rings. The summed E-state index contributed by atoms with van der Waals surface area (Å²) in [5.41, 5.74) is -0.721. The number of carbonyl (C=O) groups is 1. The summed E-state index contributed by atoms with van der Waals surface area (Å²) in [5, 5.41) is 2.83. The number of nitrogens with one attached hydrogen (secondary N) is 1. The third kappa shape index (κ3) is 5.16. The molecule has 26 heavy (non-hydrogen) atoms. The summed E-state index contributed by atoms with van der Waals surface area (Å²) in [6, 6.07) is 5.26. The molecule has 0 radical (unpaired) electrons. The smallest absolute Gasteiger partial charge is 0.352 e. The standard InChI is InChI=1S/C19H25F3N2OS/c20-19(21,22)16-5-1-4-15(11-16)18(25)23-12-14-3-2-8-24(13-14)17-6-9-26-10-7-17/h1,4-5,11,14,17H,2-3,6-10,12-13H2,(H,23,25)/t14-/m0/s1. The lowest BCUT2D eigenvalue weighted by molar-refractivity contribution is -0.137. The Kier molecular flexibility index (Phi) is 6.51. The van der Waals surface area contributed by atoms with Crippen molar-refractivity contribution < 1.29 is 18.0 Å². The zero-order chi connectivity index (χ0) is 18.6. The van der Waals surface area contributed by atoms with Gasteiger partial charge >= 0.3 is 6.18 Å². The van der Waals surface area contributed by atoms with Crippen molar-refractivity contribution >= 4 is 17.7 Å². The molecule has 0 aliphatic carbocycles. The van der Waals surface area contributed by atoms with Gasteiger partial charge in [-0.05, 0) is 67.9 Å². The van der Waals surface area contributed by atoms with Gasteiger partial charge in [0.2, 0.25) is 0 Å². The van der Waals surface area contributed by atoms with E-state index in [1.54, 1.807) is 0 Å². The molecular formula is C19H25F3N2OS. The van der Waals surface area contributed by atoms with Crippen molar-refractivity contribution in [3.63, 3.8) is 0 Å². The van der Waals surface area contributed by atoms with Crippen LogP contribution in [0.3, 0.4) is 0 Å². The SMILES string of the molecule is O=C(NC[C@@H]1CCCN(C2CCSCC2)C1)c1cccc(C(F)(F)F)c1. The Morgan fingerprint density at radius 3 is 2.73 bits per heavy atom. The van der Waals surface area contributed by atoms with E-state index < -0.39 is 17.6 Å². The van der Waals surface area contributed by atoms with Crippen LogP contribution < -0.4 is 5.32 Å². The van der Waals surface area contributed by atoms with E-state index in [2.05, 4.69) is 10.2 Å². The first kappa shape index (κ1) is 19.5. The molecule has 7 heteroatoms. The van der Waals surface area contributed by atoms with Crippen molar-refractivity contribution in [2.45, 2.75) is 37.9 Å². The monoisotopic (exact) mass is 386 g/mol. The number of hydrogen-bond donors (Lipinski definition) is 1. The highest BCUT2D eigenvalue weighted by molar-refractivity contribution is 7.99. The van der Waals surface area contributed by atoms with Crippen LogP contribution in [0.2, 0.25) is 0 Å². The first-order valence-electron chi connectivity index (χ1n) is 9.21. The van der Waals surface area contributed by atoms with Crippen LogP contribution in [0.25, 0.3) is 0 Å². The first-order chi connectivity index (χ1) is 12.4. The van der Waals surface area contributed by atoms with Crippen LogP contribution in [0.4, 0.5) is 13.2 Å². The lowest BCUT2D eigenvalue weighted by Crippen LogP contribution is -2.46. The maximum absolute atomic E-state index is 12.8. The molecule has 1 aromatic carbocycles. The molecule has 1 aromatic rings. The number of nitrogens with zero attached hydrogens (tertiary/aromatic N) is 1. The molecule has 3 nitrogen and oxygen atoms in total. The summed E-state index contributed by atoms with van der Waals surface area (Å²) >= 11 is 2.01. The Labute approximate surface area is 156 Å². The van der Waals surface area contributed by atoms with E-state index in [0.29, 0.717) is 18.5 Å². The zero-order valence-corrected chi connectivity index (χ0v) is 15.5. The fraction of sp³-hybridized carbons (Fsp3) is 0.632. The van der Waals surface area contributed by atoms with E-state index in [-0.39, 0.29) is 5.56 Å². The molecule has 3 rings (SSSR count). The van der Waals surface area contributed by atoms with Gasteiger partial charge in [0.1, 0.15) is 0 Å². The highest BCUT2D eigenvalue weighted by atomic mass is 32.2. The molecule has 2 saturated heterocycles. The van der Waals surface area contributed by atoms with E-state index >= 15 is 0 Å². The van der Waals surface area contributed by atoms with Crippen molar-refractivity contribution in [1.29, 1.82) is 0 Å². The number of benzene rings is 1. The molecule has 2 aliphatic heterocycles. The number of piperidine rings is 1. The van der Waals surface area contributed by atoms with Crippen LogP contribution in [-0.2, 0) is 6.18 Å². The first-order valence-corrected chi connectivity index (χ1v) is 10.4. The Hall–Kier alpha value is -1.21. The molecule has 0 aromatic heterocycles. The maximum Gasteiger partial charge on any atom is 0.416 e. The molecular weight excluding hydrogens is 361 g/mol. The average molecular weight is 386 g/mol. The molecule has 2 heterocycles. The van der Waals surface area contributed by atoms with Crippen molar-refractivity contribution in [3.05, 3.63) is 35.4 Å². The van der Waals surface area contributed by atoms with Crippen LogP contribution in [0.1, 0.15) is 41.6 Å². The van der Waals surface area contributed by atoms with Crippen LogP contribution >= 0.6 is 11.8 Å². The van der Waals surface area contributed by atoms with Crippen LogP contribution in [0.5, 0.6) is 0 Å². The van der Waals surface area contributed by atoms with Crippen molar-refractivity contribution in [2.75, 3.05) is 31.1 Å². The van der Waals surface area contributed by atoms with Gasteiger partial charge in [0.05, 0.1) is 5.56 Å². The topological polar surface area (TPSA) is 32.3 Å². The number of halogens is 3. The lowest BCUT2D eigenvalue weighted by Gasteiger charge is -2.40. The van der Waals surface area contributed by atoms with E-state index in [1.807, 2.05) is 11.8 Å². The van der Waals surface area contributed by atoms with Crippen LogP contribution in [0, 0.1) is 5.92 Å². The third-order valence-electron chi connectivity index (χ3n) is 5.26. The summed E-state index contributed by atoms with van der Waals surface area (Å²) in [4.78, 5) is 14.8. The second-order valence-corrected chi connectivity index (χ2v) is 8.36. The number of rotatable bonds is 4. The predicted octanol–water partition coefficient (Wildman–Crippen LogP) is 4.04. The normalized spacial score (nSPS) is 23.0. The van der Waals surface area contributed by atoms with E-state index in [4.69, 9.17) is 0 Å². The number of amides is 1. The van der Waals surface area contributed by atoms with Crippen LogP contribution in [-0.4, -0.2) is 48.0 Å². The Morgan fingerprint density at radius 2 is 2.00 bits per heavy atom. The molecule has 1 atom stereocenters. The maximum atomic E-state index is 12.8. The van der Waals surface area contributed by atoms with Crippen molar-refractivity contribution in [3.8, 4) is 0 Å². The van der Waals surface area contributed by atoms with Gasteiger partial charge in [-0.2, -0.15) is 24.9 Å². The lowest BCUT2D eigenvalue weighted by atomic mass is 9.95. The summed E-state index contributed by atoms with van der Waals surface area (Å²) in [5.74, 6) is 2.38. The molecule has 1 amide bonds. The number of hydrogen-bond acceptors (Lipinski definition) is 3. The number of carbonyl (C=O) groups excluding carboxylic acids is 1. The summed E-state index contributed by atoms with van der Waals surface area (Å²) in [7, 11) is 0. The number of thioether (sulfide) groups is 1. The van der Waals surface area contributed by atoms with Crippen molar-refractivity contribution in [1.82, 2.24) is 10.2 Å². The van der Waals surface area contributed by atoms with Gasteiger partial charge in [-0.3, -0.25) is 9.69 Å². The molecule has 0 unspecified atom stereocenters. The number of likely N-dealkylation sites (tertiary alicyclic amines) is 1. The van der Waals surface area contributed by atoms with E-state index in [9.17, 15) is 18.0 Å². The predicted molar refractivity (Wildman–Crippen MR) is 98.4 cm³/mol. The average Bonchev–Trinajstić information content (AvgIpc) is 2.66. The largest absolute Gasteiger partial charge is 0.416 e. The Balaban J connectivity index is 1.52. The molecule has 144 valence electrons. The van der Waals surface area contributed by atoms with Gasteiger partial charge in [0, 0.05) is 24.7 Å². The fourth-order valence-corrected chi connectivity index (χ4v) is 4.90. The highest BCUT2D eigenvalue weighted by Gasteiger charge is 2.31. The van der Waals surface area contributed by atoms with Crippen molar-refractivity contribution in [2.24, 2.45) is 5.92 Å². The van der Waals surface area contributed by atoms with E-state index in [0.717, 1.165) is 38.1 Å². The van der Waals surface area contributed by atoms with Gasteiger partial charge in [-0.1, -0.05) is 6.07 Å². The summed E-state index contributed by atoms with van der Waals surface area (Å²) in [6.07, 6.45) is 0.203. The quantitative estimate of drug-likeness (QED) is 0.848. The second-order valence-electron chi connectivity index (χ2n) is 7.14. The van der Waals surface area contributed by atoms with Gasteiger partial charge < -0.3 is 5.32 Å². The van der Waals surface area contributed by atoms with Gasteiger partial charge in [-0.15, -0.1) is 0 Å². The highest BCUT2D eigenvalue weighted by Crippen LogP contribution is 2.29. The zero-order valence-electron chi connectivity index (χ0n) is 14.7. The molecule has 1 N–H and O–H groups in total. The van der Waals surface area contributed by atoms with Gasteiger partial charge in [0.25, 0.3) is 5.91 Å². The summed E-state index contributed by atoms with van der Waals surface area (Å²) < 4.78 is 38.4. The third-order valence-corrected chi connectivity index (χ3v) is 6.31. The Bertz CT molecular complexity index is 617.